The largest absolute Gasteiger partial charge is 0.497 e. The first-order chi connectivity index (χ1) is 8.28. The summed E-state index contributed by atoms with van der Waals surface area (Å²) >= 11 is 1.76. The molecule has 0 saturated heterocycles. The zero-order valence-corrected chi connectivity index (χ0v) is 10.5. The Kier molecular flexibility index (Phi) is 2.37. The number of aromatic nitrogens is 2. The first kappa shape index (κ1) is 10.4. The average molecular weight is 244 g/mol. The zero-order chi connectivity index (χ0) is 11.8. The summed E-state index contributed by atoms with van der Waals surface area (Å²) in [5.41, 5.74) is 1.05. The van der Waals surface area contributed by atoms with E-state index in [-0.39, 0.29) is 0 Å². The van der Waals surface area contributed by atoms with Crippen LogP contribution < -0.4 is 4.74 Å². The lowest BCUT2D eigenvalue weighted by atomic mass is 10.4. The molecule has 0 fully saturated rings. The molecule has 0 spiro atoms. The standard InChI is InChI=1S/C13H12N2OS/c1-9-3-4-12(17-9)13-14-8-10-7-11(16-2)5-6-15(10)13/h3-8H,1-2H3. The Hall–Kier alpha value is -1.81. The zero-order valence-electron chi connectivity index (χ0n) is 9.68. The highest BCUT2D eigenvalue weighted by atomic mass is 32.1. The van der Waals surface area contributed by atoms with E-state index >= 15 is 0 Å². The fourth-order valence-electron chi connectivity index (χ4n) is 1.84. The third-order valence-electron chi connectivity index (χ3n) is 2.70. The van der Waals surface area contributed by atoms with Crippen LogP contribution in [0.3, 0.4) is 0 Å². The van der Waals surface area contributed by atoms with Crippen LogP contribution in [-0.4, -0.2) is 16.5 Å². The Morgan fingerprint density at radius 3 is 2.88 bits per heavy atom. The van der Waals surface area contributed by atoms with Gasteiger partial charge in [-0.3, -0.25) is 4.40 Å². The van der Waals surface area contributed by atoms with Gasteiger partial charge in [0.15, 0.2) is 5.82 Å². The summed E-state index contributed by atoms with van der Waals surface area (Å²) in [4.78, 5) is 6.96. The van der Waals surface area contributed by atoms with Gasteiger partial charge in [-0.05, 0) is 25.1 Å². The van der Waals surface area contributed by atoms with E-state index in [0.717, 1.165) is 17.1 Å². The maximum absolute atomic E-state index is 5.20. The molecule has 4 heteroatoms. The number of nitrogens with zero attached hydrogens (tertiary/aromatic N) is 2. The molecule has 0 atom stereocenters. The van der Waals surface area contributed by atoms with Gasteiger partial charge in [0.05, 0.1) is 23.7 Å². The van der Waals surface area contributed by atoms with Crippen molar-refractivity contribution in [3.8, 4) is 16.5 Å². The van der Waals surface area contributed by atoms with Crippen molar-refractivity contribution >= 4 is 16.9 Å². The van der Waals surface area contributed by atoms with E-state index in [9.17, 15) is 0 Å². The average Bonchev–Trinajstić information content (AvgIpc) is 2.93. The van der Waals surface area contributed by atoms with Crippen LogP contribution in [0.2, 0.25) is 0 Å². The van der Waals surface area contributed by atoms with E-state index in [1.165, 1.54) is 9.75 Å². The van der Waals surface area contributed by atoms with Crippen LogP contribution in [0, 0.1) is 6.92 Å². The fraction of sp³-hybridized carbons (Fsp3) is 0.154. The third-order valence-corrected chi connectivity index (χ3v) is 3.70. The quantitative estimate of drug-likeness (QED) is 0.691. The smallest absolute Gasteiger partial charge is 0.154 e. The van der Waals surface area contributed by atoms with Crippen LogP contribution >= 0.6 is 11.3 Å². The summed E-state index contributed by atoms with van der Waals surface area (Å²) in [6.07, 6.45) is 3.86. The predicted molar refractivity (Wildman–Crippen MR) is 69.8 cm³/mol. The number of thiophene rings is 1. The highest BCUT2D eigenvalue weighted by Gasteiger charge is 2.08. The van der Waals surface area contributed by atoms with Crippen molar-refractivity contribution in [3.05, 3.63) is 41.5 Å². The lowest BCUT2D eigenvalue weighted by Crippen LogP contribution is -1.89. The number of methoxy groups -OCH3 is 1. The Morgan fingerprint density at radius 2 is 2.18 bits per heavy atom. The normalized spacial score (nSPS) is 10.9. The molecule has 0 aliphatic rings. The molecular formula is C13H12N2OS. The van der Waals surface area contributed by atoms with Crippen LogP contribution in [0.4, 0.5) is 0 Å². The Morgan fingerprint density at radius 1 is 1.29 bits per heavy atom. The van der Waals surface area contributed by atoms with Crippen molar-refractivity contribution in [2.24, 2.45) is 0 Å². The Bertz CT molecular complexity index is 669. The molecule has 0 aliphatic carbocycles. The predicted octanol–water partition coefficient (Wildman–Crippen LogP) is 3.38. The molecule has 0 saturated carbocycles. The van der Waals surface area contributed by atoms with E-state index in [1.54, 1.807) is 18.4 Å². The molecule has 0 radical (unpaired) electrons. The van der Waals surface area contributed by atoms with Crippen molar-refractivity contribution in [1.29, 1.82) is 0 Å². The number of rotatable bonds is 2. The monoisotopic (exact) mass is 244 g/mol. The number of fused-ring (bicyclic) bond motifs is 1. The first-order valence-electron chi connectivity index (χ1n) is 5.36. The van der Waals surface area contributed by atoms with E-state index in [0.29, 0.717) is 0 Å². The summed E-state index contributed by atoms with van der Waals surface area (Å²) in [5.74, 6) is 1.84. The van der Waals surface area contributed by atoms with Gasteiger partial charge in [-0.15, -0.1) is 11.3 Å². The number of imidazole rings is 1. The summed E-state index contributed by atoms with van der Waals surface area (Å²) in [7, 11) is 1.67. The molecule has 3 aromatic heterocycles. The molecule has 3 heterocycles. The molecule has 17 heavy (non-hydrogen) atoms. The van der Waals surface area contributed by atoms with E-state index < -0.39 is 0 Å². The summed E-state index contributed by atoms with van der Waals surface area (Å²) in [6, 6.07) is 8.15. The van der Waals surface area contributed by atoms with Gasteiger partial charge >= 0.3 is 0 Å². The second-order valence-corrected chi connectivity index (χ2v) is 5.14. The van der Waals surface area contributed by atoms with Crippen molar-refractivity contribution < 1.29 is 4.74 Å². The van der Waals surface area contributed by atoms with Crippen LogP contribution in [0.5, 0.6) is 5.75 Å². The minimum absolute atomic E-state index is 0.853. The Labute approximate surface area is 103 Å². The summed E-state index contributed by atoms with van der Waals surface area (Å²) < 4.78 is 7.28. The van der Waals surface area contributed by atoms with Gasteiger partial charge in [-0.25, -0.2) is 4.98 Å². The third kappa shape index (κ3) is 1.70. The van der Waals surface area contributed by atoms with E-state index in [4.69, 9.17) is 4.74 Å². The van der Waals surface area contributed by atoms with Gasteiger partial charge in [0, 0.05) is 17.1 Å². The molecule has 0 aromatic carbocycles. The van der Waals surface area contributed by atoms with E-state index in [2.05, 4.69) is 28.4 Å². The highest BCUT2D eigenvalue weighted by molar-refractivity contribution is 7.15. The van der Waals surface area contributed by atoms with Gasteiger partial charge in [0.25, 0.3) is 0 Å². The number of pyridine rings is 1. The minimum atomic E-state index is 0.853. The number of aryl methyl sites for hydroxylation is 1. The number of ether oxygens (including phenoxy) is 1. The lowest BCUT2D eigenvalue weighted by molar-refractivity contribution is 0.414. The van der Waals surface area contributed by atoms with Gasteiger partial charge in [0.2, 0.25) is 0 Å². The van der Waals surface area contributed by atoms with Gasteiger partial charge in [-0.2, -0.15) is 0 Å². The minimum Gasteiger partial charge on any atom is -0.497 e. The molecule has 0 unspecified atom stereocenters. The molecule has 3 aromatic rings. The molecule has 3 nitrogen and oxygen atoms in total. The molecule has 3 rings (SSSR count). The van der Waals surface area contributed by atoms with Crippen LogP contribution in [-0.2, 0) is 0 Å². The second kappa shape index (κ2) is 3.89. The second-order valence-electron chi connectivity index (χ2n) is 3.85. The highest BCUT2D eigenvalue weighted by Crippen LogP contribution is 2.28. The molecule has 0 bridgehead atoms. The maximum atomic E-state index is 5.20. The topological polar surface area (TPSA) is 26.5 Å². The van der Waals surface area contributed by atoms with Crippen molar-refractivity contribution in [3.63, 3.8) is 0 Å². The van der Waals surface area contributed by atoms with Gasteiger partial charge in [0.1, 0.15) is 5.75 Å². The first-order valence-corrected chi connectivity index (χ1v) is 6.17. The lowest BCUT2D eigenvalue weighted by Gasteiger charge is -2.01. The van der Waals surface area contributed by atoms with Crippen LogP contribution in [0.15, 0.2) is 36.7 Å². The fourth-order valence-corrected chi connectivity index (χ4v) is 2.70. The molecule has 86 valence electrons. The number of hydrogen-bond acceptors (Lipinski definition) is 3. The van der Waals surface area contributed by atoms with Crippen LogP contribution in [0.1, 0.15) is 4.88 Å². The van der Waals surface area contributed by atoms with Crippen molar-refractivity contribution in [2.75, 3.05) is 7.11 Å². The van der Waals surface area contributed by atoms with Gasteiger partial charge in [-0.1, -0.05) is 0 Å². The molecular weight excluding hydrogens is 232 g/mol. The molecule has 0 aliphatic heterocycles. The Balaban J connectivity index is 2.18. The number of hydrogen-bond donors (Lipinski definition) is 0. The molecule has 0 amide bonds. The van der Waals surface area contributed by atoms with Crippen molar-refractivity contribution in [1.82, 2.24) is 9.38 Å². The SMILES string of the molecule is COc1ccn2c(-c3ccc(C)s3)ncc2c1. The van der Waals surface area contributed by atoms with Crippen LogP contribution in [0.25, 0.3) is 16.2 Å². The maximum Gasteiger partial charge on any atom is 0.154 e. The molecule has 0 N–H and O–H groups in total. The van der Waals surface area contributed by atoms with Gasteiger partial charge < -0.3 is 4.74 Å². The van der Waals surface area contributed by atoms with Crippen molar-refractivity contribution in [2.45, 2.75) is 6.92 Å². The summed E-state index contributed by atoms with van der Waals surface area (Å²) in [5, 5.41) is 0. The van der Waals surface area contributed by atoms with E-state index in [1.807, 2.05) is 24.5 Å². The summed E-state index contributed by atoms with van der Waals surface area (Å²) in [6.45, 7) is 2.10.